The molecule has 94 valence electrons. The second kappa shape index (κ2) is 6.60. The smallest absolute Gasteiger partial charge is 0.0595 e. The molecule has 0 atom stereocenters. The van der Waals surface area contributed by atoms with Crippen LogP contribution in [0.15, 0.2) is 18.2 Å². The third-order valence-corrected chi connectivity index (χ3v) is 3.94. The van der Waals surface area contributed by atoms with Crippen LogP contribution in [0.25, 0.3) is 0 Å². The highest BCUT2D eigenvalue weighted by atomic mass is 35.5. The topological polar surface area (TPSA) is 24.1 Å². The number of piperidine rings is 1. The molecule has 2 rings (SSSR count). The van der Waals surface area contributed by atoms with Crippen molar-refractivity contribution in [1.82, 2.24) is 10.6 Å². The van der Waals surface area contributed by atoms with E-state index in [4.69, 9.17) is 23.2 Å². The van der Waals surface area contributed by atoms with E-state index in [0.29, 0.717) is 10.0 Å². The van der Waals surface area contributed by atoms with Crippen LogP contribution in [-0.2, 0) is 6.54 Å². The lowest BCUT2D eigenvalue weighted by Gasteiger charge is -2.22. The van der Waals surface area contributed by atoms with Gasteiger partial charge in [-0.15, -0.1) is 0 Å². The summed E-state index contributed by atoms with van der Waals surface area (Å²) in [6.07, 6.45) is 2.54. The minimum Gasteiger partial charge on any atom is -0.317 e. The molecule has 0 aromatic heterocycles. The number of hydrogen-bond donors (Lipinski definition) is 2. The molecule has 0 unspecified atom stereocenters. The van der Waals surface area contributed by atoms with Gasteiger partial charge >= 0.3 is 0 Å². The minimum absolute atomic E-state index is 0.619. The minimum atomic E-state index is 0.619. The molecular formula is C13H18Cl2N2. The van der Waals surface area contributed by atoms with Crippen LogP contribution >= 0.6 is 23.2 Å². The van der Waals surface area contributed by atoms with Gasteiger partial charge in [-0.05, 0) is 56.1 Å². The van der Waals surface area contributed by atoms with Crippen molar-refractivity contribution in [2.75, 3.05) is 19.6 Å². The highest BCUT2D eigenvalue weighted by Crippen LogP contribution is 2.22. The number of nitrogens with one attached hydrogen (secondary N) is 2. The Morgan fingerprint density at radius 2 is 1.94 bits per heavy atom. The van der Waals surface area contributed by atoms with Gasteiger partial charge in [0.05, 0.1) is 10.0 Å². The van der Waals surface area contributed by atoms with Gasteiger partial charge in [-0.2, -0.15) is 0 Å². The van der Waals surface area contributed by atoms with Crippen molar-refractivity contribution in [3.8, 4) is 0 Å². The first-order valence-corrected chi connectivity index (χ1v) is 6.86. The quantitative estimate of drug-likeness (QED) is 0.881. The Balaban J connectivity index is 1.75. The van der Waals surface area contributed by atoms with Gasteiger partial charge in [0.1, 0.15) is 0 Å². The molecule has 1 aliphatic heterocycles. The predicted octanol–water partition coefficient (Wildman–Crippen LogP) is 3.08. The van der Waals surface area contributed by atoms with Crippen LogP contribution in [0, 0.1) is 5.92 Å². The van der Waals surface area contributed by atoms with Crippen LogP contribution < -0.4 is 10.6 Å². The zero-order valence-electron chi connectivity index (χ0n) is 9.81. The van der Waals surface area contributed by atoms with Gasteiger partial charge in [0.25, 0.3) is 0 Å². The Kier molecular flexibility index (Phi) is 5.11. The van der Waals surface area contributed by atoms with Crippen molar-refractivity contribution in [3.05, 3.63) is 33.8 Å². The van der Waals surface area contributed by atoms with Gasteiger partial charge in [-0.3, -0.25) is 0 Å². The van der Waals surface area contributed by atoms with Crippen LogP contribution in [0.5, 0.6) is 0 Å². The molecule has 0 radical (unpaired) electrons. The summed E-state index contributed by atoms with van der Waals surface area (Å²) in [5.74, 6) is 0.805. The molecule has 0 saturated carbocycles. The average molecular weight is 273 g/mol. The fourth-order valence-electron chi connectivity index (χ4n) is 2.16. The van der Waals surface area contributed by atoms with E-state index in [-0.39, 0.29) is 0 Å². The van der Waals surface area contributed by atoms with Gasteiger partial charge in [0, 0.05) is 6.54 Å². The number of benzene rings is 1. The summed E-state index contributed by atoms with van der Waals surface area (Å²) < 4.78 is 0. The lowest BCUT2D eigenvalue weighted by molar-refractivity contribution is 0.356. The van der Waals surface area contributed by atoms with Crippen LogP contribution in [0.4, 0.5) is 0 Å². The van der Waals surface area contributed by atoms with Gasteiger partial charge in [-0.1, -0.05) is 29.3 Å². The van der Waals surface area contributed by atoms with Crippen molar-refractivity contribution in [2.24, 2.45) is 5.92 Å². The van der Waals surface area contributed by atoms with Crippen LogP contribution in [0.2, 0.25) is 10.0 Å². The maximum absolute atomic E-state index is 5.97. The zero-order chi connectivity index (χ0) is 12.1. The highest BCUT2D eigenvalue weighted by Gasteiger charge is 2.11. The standard InChI is InChI=1S/C13H18Cl2N2/c14-12-2-1-11(7-13(12)15)9-17-8-10-3-5-16-6-4-10/h1-2,7,10,16-17H,3-6,8-9H2. The van der Waals surface area contributed by atoms with E-state index in [1.54, 1.807) is 0 Å². The van der Waals surface area contributed by atoms with Gasteiger partial charge in [0.2, 0.25) is 0 Å². The van der Waals surface area contributed by atoms with Gasteiger partial charge in [-0.25, -0.2) is 0 Å². The molecule has 17 heavy (non-hydrogen) atoms. The van der Waals surface area contributed by atoms with Crippen molar-refractivity contribution in [3.63, 3.8) is 0 Å². The Morgan fingerprint density at radius 1 is 1.18 bits per heavy atom. The van der Waals surface area contributed by atoms with E-state index < -0.39 is 0 Å². The molecule has 2 N–H and O–H groups in total. The molecular weight excluding hydrogens is 255 g/mol. The van der Waals surface area contributed by atoms with E-state index in [1.807, 2.05) is 18.2 Å². The van der Waals surface area contributed by atoms with Crippen molar-refractivity contribution in [1.29, 1.82) is 0 Å². The Bertz CT molecular complexity index is 362. The maximum Gasteiger partial charge on any atom is 0.0595 e. The molecule has 0 amide bonds. The Morgan fingerprint density at radius 3 is 2.65 bits per heavy atom. The lowest BCUT2D eigenvalue weighted by atomic mass is 9.98. The normalized spacial score (nSPS) is 17.3. The van der Waals surface area contributed by atoms with Gasteiger partial charge < -0.3 is 10.6 Å². The SMILES string of the molecule is Clc1ccc(CNCC2CCNCC2)cc1Cl. The van der Waals surface area contributed by atoms with Crippen molar-refractivity contribution < 1.29 is 0 Å². The zero-order valence-corrected chi connectivity index (χ0v) is 11.3. The monoisotopic (exact) mass is 272 g/mol. The average Bonchev–Trinajstić information content (AvgIpc) is 2.35. The third-order valence-electron chi connectivity index (χ3n) is 3.20. The lowest BCUT2D eigenvalue weighted by Crippen LogP contribution is -2.33. The van der Waals surface area contributed by atoms with Crippen LogP contribution in [0.3, 0.4) is 0 Å². The molecule has 1 aromatic carbocycles. The highest BCUT2D eigenvalue weighted by molar-refractivity contribution is 6.42. The summed E-state index contributed by atoms with van der Waals surface area (Å²) >= 11 is 11.9. The molecule has 2 nitrogen and oxygen atoms in total. The summed E-state index contributed by atoms with van der Waals surface area (Å²) in [4.78, 5) is 0. The molecule has 0 bridgehead atoms. The fraction of sp³-hybridized carbons (Fsp3) is 0.538. The molecule has 4 heteroatoms. The number of hydrogen-bond acceptors (Lipinski definition) is 2. The first-order valence-electron chi connectivity index (χ1n) is 6.11. The summed E-state index contributed by atoms with van der Waals surface area (Å²) in [7, 11) is 0. The van der Waals surface area contributed by atoms with E-state index >= 15 is 0 Å². The Labute approximate surface area is 113 Å². The van der Waals surface area contributed by atoms with Gasteiger partial charge in [0.15, 0.2) is 0 Å². The number of rotatable bonds is 4. The van der Waals surface area contributed by atoms with Crippen LogP contribution in [0.1, 0.15) is 18.4 Å². The van der Waals surface area contributed by atoms with Crippen LogP contribution in [-0.4, -0.2) is 19.6 Å². The largest absolute Gasteiger partial charge is 0.317 e. The molecule has 0 spiro atoms. The summed E-state index contributed by atoms with van der Waals surface area (Å²) in [5, 5.41) is 8.12. The molecule has 1 fully saturated rings. The Hall–Kier alpha value is -0.280. The molecule has 1 aliphatic rings. The summed E-state index contributed by atoms with van der Waals surface area (Å²) in [5.41, 5.74) is 1.19. The van der Waals surface area contributed by atoms with E-state index in [1.165, 1.54) is 18.4 Å². The fourth-order valence-corrected chi connectivity index (χ4v) is 2.48. The van der Waals surface area contributed by atoms with E-state index in [0.717, 1.165) is 32.1 Å². The maximum atomic E-state index is 5.97. The molecule has 1 heterocycles. The second-order valence-corrected chi connectivity index (χ2v) is 5.39. The number of halogens is 2. The summed E-state index contributed by atoms with van der Waals surface area (Å²) in [6.45, 7) is 4.25. The van der Waals surface area contributed by atoms with Crippen molar-refractivity contribution in [2.45, 2.75) is 19.4 Å². The predicted molar refractivity (Wildman–Crippen MR) is 73.8 cm³/mol. The third kappa shape index (κ3) is 4.14. The second-order valence-electron chi connectivity index (χ2n) is 4.57. The molecule has 1 aromatic rings. The van der Waals surface area contributed by atoms with E-state index in [2.05, 4.69) is 10.6 Å². The van der Waals surface area contributed by atoms with Crippen molar-refractivity contribution >= 4 is 23.2 Å². The molecule has 0 aliphatic carbocycles. The first kappa shape index (κ1) is 13.2. The molecule has 1 saturated heterocycles. The summed E-state index contributed by atoms with van der Waals surface area (Å²) in [6, 6.07) is 5.80. The first-order chi connectivity index (χ1) is 8.25. The van der Waals surface area contributed by atoms with E-state index in [9.17, 15) is 0 Å².